The van der Waals surface area contributed by atoms with Gasteiger partial charge in [-0.05, 0) is 38.8 Å². The fraction of sp³-hybridized carbons (Fsp3) is 0.562. The van der Waals surface area contributed by atoms with E-state index in [0.29, 0.717) is 31.7 Å². The molecule has 0 aliphatic carbocycles. The van der Waals surface area contributed by atoms with Crippen molar-refractivity contribution in [3.05, 3.63) is 24.4 Å². The molecule has 6 heteroatoms. The van der Waals surface area contributed by atoms with E-state index in [1.54, 1.807) is 12.3 Å². The van der Waals surface area contributed by atoms with Crippen LogP contribution in [0, 0.1) is 5.92 Å². The number of nitrogens with zero attached hydrogens (tertiary/aromatic N) is 3. The molecule has 0 spiro atoms. The van der Waals surface area contributed by atoms with Gasteiger partial charge in [0.2, 0.25) is 5.91 Å². The van der Waals surface area contributed by atoms with E-state index >= 15 is 0 Å². The number of amides is 3. The zero-order chi connectivity index (χ0) is 15.9. The van der Waals surface area contributed by atoms with Crippen molar-refractivity contribution in [2.24, 2.45) is 5.92 Å². The van der Waals surface area contributed by atoms with Crippen LogP contribution in [0.1, 0.15) is 26.7 Å². The second-order valence-electron chi connectivity index (χ2n) is 5.42. The third-order valence-electron chi connectivity index (χ3n) is 4.09. The number of nitrogens with one attached hydrogen (secondary N) is 1. The van der Waals surface area contributed by atoms with Crippen molar-refractivity contribution in [3.8, 4) is 0 Å². The number of urea groups is 1. The molecule has 1 N–H and O–H groups in total. The molecule has 0 unspecified atom stereocenters. The molecule has 0 aromatic carbocycles. The van der Waals surface area contributed by atoms with E-state index in [1.165, 1.54) is 0 Å². The fourth-order valence-electron chi connectivity index (χ4n) is 2.69. The lowest BCUT2D eigenvalue weighted by molar-refractivity contribution is -0.121. The second kappa shape index (κ2) is 7.77. The summed E-state index contributed by atoms with van der Waals surface area (Å²) in [5.41, 5.74) is 0. The maximum atomic E-state index is 12.3. The summed E-state index contributed by atoms with van der Waals surface area (Å²) in [6.07, 6.45) is 3.05. The Morgan fingerprint density at radius 2 is 1.95 bits per heavy atom. The number of anilines is 1. The van der Waals surface area contributed by atoms with E-state index in [4.69, 9.17) is 0 Å². The largest absolute Gasteiger partial charge is 0.325 e. The first-order chi connectivity index (χ1) is 10.7. The maximum Gasteiger partial charge on any atom is 0.319 e. The summed E-state index contributed by atoms with van der Waals surface area (Å²) in [7, 11) is 0. The van der Waals surface area contributed by atoms with Crippen LogP contribution in [-0.4, -0.2) is 52.9 Å². The molecule has 2 heterocycles. The van der Waals surface area contributed by atoms with Crippen LogP contribution in [0.25, 0.3) is 0 Å². The Bertz CT molecular complexity index is 494. The molecular formula is C16H24N4O2. The molecule has 1 saturated heterocycles. The Balaban J connectivity index is 1.84. The summed E-state index contributed by atoms with van der Waals surface area (Å²) in [4.78, 5) is 32.3. The lowest BCUT2D eigenvalue weighted by atomic mass is 9.96. The number of pyridine rings is 1. The zero-order valence-electron chi connectivity index (χ0n) is 13.3. The SMILES string of the molecule is CCN(CC)C(=O)N1CCC(C(=O)Nc2ccccn2)CC1. The van der Waals surface area contributed by atoms with Gasteiger partial charge in [0.15, 0.2) is 0 Å². The van der Waals surface area contributed by atoms with Gasteiger partial charge in [0.05, 0.1) is 0 Å². The van der Waals surface area contributed by atoms with Crippen LogP contribution >= 0.6 is 0 Å². The number of piperidine rings is 1. The van der Waals surface area contributed by atoms with Gasteiger partial charge in [-0.25, -0.2) is 9.78 Å². The van der Waals surface area contributed by atoms with Crippen LogP contribution < -0.4 is 5.32 Å². The molecule has 22 heavy (non-hydrogen) atoms. The van der Waals surface area contributed by atoms with Gasteiger partial charge in [-0.2, -0.15) is 0 Å². The van der Waals surface area contributed by atoms with Crippen LogP contribution in [0.15, 0.2) is 24.4 Å². The monoisotopic (exact) mass is 304 g/mol. The van der Waals surface area contributed by atoms with Crippen molar-refractivity contribution < 1.29 is 9.59 Å². The average Bonchev–Trinajstić information content (AvgIpc) is 2.57. The molecule has 1 aliphatic heterocycles. The van der Waals surface area contributed by atoms with Crippen molar-refractivity contribution in [2.75, 3.05) is 31.5 Å². The predicted molar refractivity (Wildman–Crippen MR) is 85.5 cm³/mol. The molecule has 0 bridgehead atoms. The van der Waals surface area contributed by atoms with E-state index in [2.05, 4.69) is 10.3 Å². The number of hydrogen-bond acceptors (Lipinski definition) is 3. The first kappa shape index (κ1) is 16.3. The van der Waals surface area contributed by atoms with Gasteiger partial charge in [0.1, 0.15) is 5.82 Å². The standard InChI is InChI=1S/C16H24N4O2/c1-3-19(4-2)16(22)20-11-8-13(9-12-20)15(21)18-14-7-5-6-10-17-14/h5-7,10,13H,3-4,8-9,11-12H2,1-2H3,(H,17,18,21). The quantitative estimate of drug-likeness (QED) is 0.927. The van der Waals surface area contributed by atoms with E-state index in [9.17, 15) is 9.59 Å². The molecule has 1 aromatic rings. The van der Waals surface area contributed by atoms with E-state index in [-0.39, 0.29) is 17.9 Å². The molecule has 1 aromatic heterocycles. The Kier molecular flexibility index (Phi) is 5.75. The topological polar surface area (TPSA) is 65.5 Å². The first-order valence-corrected chi connectivity index (χ1v) is 7.91. The van der Waals surface area contributed by atoms with E-state index in [0.717, 1.165) is 13.1 Å². The summed E-state index contributed by atoms with van der Waals surface area (Å²) < 4.78 is 0. The molecule has 1 aliphatic rings. The maximum absolute atomic E-state index is 12.3. The van der Waals surface area contributed by atoms with Crippen molar-refractivity contribution in [1.29, 1.82) is 0 Å². The molecule has 0 saturated carbocycles. The van der Waals surface area contributed by atoms with Crippen molar-refractivity contribution in [1.82, 2.24) is 14.8 Å². The number of carbonyl (C=O) groups is 2. The lowest BCUT2D eigenvalue weighted by Crippen LogP contribution is -2.47. The normalized spacial score (nSPS) is 15.5. The van der Waals surface area contributed by atoms with E-state index < -0.39 is 0 Å². The number of hydrogen-bond donors (Lipinski definition) is 1. The highest BCUT2D eigenvalue weighted by Crippen LogP contribution is 2.20. The summed E-state index contributed by atoms with van der Waals surface area (Å²) in [5.74, 6) is 0.519. The van der Waals surface area contributed by atoms with Gasteiger partial charge in [-0.3, -0.25) is 4.79 Å². The minimum atomic E-state index is -0.0530. The minimum Gasteiger partial charge on any atom is -0.325 e. The molecular weight excluding hydrogens is 280 g/mol. The average molecular weight is 304 g/mol. The molecule has 6 nitrogen and oxygen atoms in total. The molecule has 120 valence electrons. The number of carbonyl (C=O) groups excluding carboxylic acids is 2. The highest BCUT2D eigenvalue weighted by Gasteiger charge is 2.28. The summed E-state index contributed by atoms with van der Waals surface area (Å²) in [6.45, 7) is 6.67. The van der Waals surface area contributed by atoms with Crippen LogP contribution in [0.5, 0.6) is 0 Å². The van der Waals surface area contributed by atoms with Gasteiger partial charge in [-0.1, -0.05) is 6.07 Å². The van der Waals surface area contributed by atoms with Crippen LogP contribution in [0.2, 0.25) is 0 Å². The van der Waals surface area contributed by atoms with Crippen molar-refractivity contribution in [3.63, 3.8) is 0 Å². The van der Waals surface area contributed by atoms with Gasteiger partial charge < -0.3 is 15.1 Å². The Labute approximate surface area is 131 Å². The molecule has 0 atom stereocenters. The summed E-state index contributed by atoms with van der Waals surface area (Å²) in [6, 6.07) is 5.51. The van der Waals surface area contributed by atoms with Crippen LogP contribution in [0.3, 0.4) is 0 Å². The Morgan fingerprint density at radius 1 is 1.27 bits per heavy atom. The molecule has 1 fully saturated rings. The van der Waals surface area contributed by atoms with Gasteiger partial charge in [0.25, 0.3) is 0 Å². The van der Waals surface area contributed by atoms with Gasteiger partial charge in [0, 0.05) is 38.3 Å². The third-order valence-corrected chi connectivity index (χ3v) is 4.09. The number of rotatable bonds is 4. The Hall–Kier alpha value is -2.11. The highest BCUT2D eigenvalue weighted by molar-refractivity contribution is 5.91. The van der Waals surface area contributed by atoms with Crippen LogP contribution in [0.4, 0.5) is 10.6 Å². The third kappa shape index (κ3) is 3.96. The predicted octanol–water partition coefficient (Wildman–Crippen LogP) is 2.19. The second-order valence-corrected chi connectivity index (χ2v) is 5.42. The highest BCUT2D eigenvalue weighted by atomic mass is 16.2. The number of likely N-dealkylation sites (tertiary alicyclic amines) is 1. The minimum absolute atomic E-state index is 0.00589. The van der Waals surface area contributed by atoms with Gasteiger partial charge in [-0.15, -0.1) is 0 Å². The van der Waals surface area contributed by atoms with E-state index in [1.807, 2.05) is 35.8 Å². The zero-order valence-corrected chi connectivity index (χ0v) is 13.3. The Morgan fingerprint density at radius 3 is 2.50 bits per heavy atom. The summed E-state index contributed by atoms with van der Waals surface area (Å²) >= 11 is 0. The lowest BCUT2D eigenvalue weighted by Gasteiger charge is -2.34. The molecule has 0 radical (unpaired) electrons. The number of aromatic nitrogens is 1. The smallest absolute Gasteiger partial charge is 0.319 e. The molecule has 3 amide bonds. The fourth-order valence-corrected chi connectivity index (χ4v) is 2.69. The van der Waals surface area contributed by atoms with Crippen molar-refractivity contribution in [2.45, 2.75) is 26.7 Å². The van der Waals surface area contributed by atoms with Gasteiger partial charge >= 0.3 is 6.03 Å². The summed E-state index contributed by atoms with van der Waals surface area (Å²) in [5, 5.41) is 2.84. The first-order valence-electron chi connectivity index (χ1n) is 7.91. The van der Waals surface area contributed by atoms with Crippen molar-refractivity contribution >= 4 is 17.8 Å². The van der Waals surface area contributed by atoms with Crippen LogP contribution in [-0.2, 0) is 4.79 Å². The molecule has 2 rings (SSSR count).